The lowest BCUT2D eigenvalue weighted by atomic mass is 10.1. The molecule has 0 fully saturated rings. The summed E-state index contributed by atoms with van der Waals surface area (Å²) >= 11 is 0. The summed E-state index contributed by atoms with van der Waals surface area (Å²) in [6, 6.07) is 31.3. The minimum Gasteiger partial charge on any atom is -0.478 e. The molecule has 0 radical (unpaired) electrons. The first-order valence-corrected chi connectivity index (χ1v) is 11.2. The number of nitrogens with two attached hydrogens (primary N) is 2. The fourth-order valence-corrected chi connectivity index (χ4v) is 3.62. The molecule has 0 aliphatic rings. The molecule has 0 atom stereocenters. The van der Waals surface area contributed by atoms with Gasteiger partial charge in [0, 0.05) is 19.3 Å². The number of nitrogens with zero attached hydrogens (tertiary/aromatic N) is 1. The number of carbonyl (C=O) groups is 2. The number of pyridine rings is 1. The van der Waals surface area contributed by atoms with Gasteiger partial charge in [-0.25, -0.2) is 14.6 Å². The Kier molecular flexibility index (Phi) is 9.22. The molecular weight excluding hydrogens is 454 g/mol. The minimum atomic E-state index is -1.24. The fraction of sp³-hybridized carbons (Fsp3) is 0.0690. The molecule has 5 rings (SSSR count). The smallest absolute Gasteiger partial charge is 0.354 e. The lowest BCUT2D eigenvalue weighted by Crippen LogP contribution is -2.03. The predicted octanol–water partition coefficient (Wildman–Crippen LogP) is 5.08. The van der Waals surface area contributed by atoms with E-state index in [0.717, 1.165) is 12.3 Å². The van der Waals surface area contributed by atoms with Crippen LogP contribution in [0.2, 0.25) is 0 Å². The summed E-state index contributed by atoms with van der Waals surface area (Å²) in [7, 11) is 0. The van der Waals surface area contributed by atoms with Crippen molar-refractivity contribution in [3.8, 4) is 0 Å². The van der Waals surface area contributed by atoms with Crippen molar-refractivity contribution >= 4 is 33.5 Å². The third kappa shape index (κ3) is 6.73. The quantitative estimate of drug-likeness (QED) is 0.281. The molecule has 7 heteroatoms. The number of aromatic carboxylic acids is 2. The van der Waals surface area contributed by atoms with Gasteiger partial charge in [0.25, 0.3) is 0 Å². The highest BCUT2D eigenvalue weighted by molar-refractivity contribution is 5.92. The van der Waals surface area contributed by atoms with Crippen molar-refractivity contribution in [3.63, 3.8) is 0 Å². The highest BCUT2D eigenvalue weighted by Crippen LogP contribution is 2.18. The van der Waals surface area contributed by atoms with E-state index in [9.17, 15) is 9.59 Å². The van der Waals surface area contributed by atoms with E-state index >= 15 is 0 Å². The van der Waals surface area contributed by atoms with Gasteiger partial charge in [0.1, 0.15) is 5.69 Å². The molecule has 0 bridgehead atoms. The molecule has 0 unspecified atom stereocenters. The molecule has 0 saturated heterocycles. The maximum absolute atomic E-state index is 10.4. The zero-order valence-electron chi connectivity index (χ0n) is 19.5. The largest absolute Gasteiger partial charge is 0.478 e. The summed E-state index contributed by atoms with van der Waals surface area (Å²) in [6.45, 7) is 1.22. The Morgan fingerprint density at radius 2 is 1.11 bits per heavy atom. The Morgan fingerprint density at radius 3 is 1.56 bits per heavy atom. The van der Waals surface area contributed by atoms with Crippen molar-refractivity contribution in [3.05, 3.63) is 126 Å². The van der Waals surface area contributed by atoms with Crippen LogP contribution >= 0.6 is 0 Å². The van der Waals surface area contributed by atoms with Gasteiger partial charge >= 0.3 is 11.9 Å². The van der Waals surface area contributed by atoms with Crippen LogP contribution in [0.3, 0.4) is 0 Å². The van der Waals surface area contributed by atoms with E-state index in [4.69, 9.17) is 21.7 Å². The number of hydrogen-bond acceptors (Lipinski definition) is 5. The van der Waals surface area contributed by atoms with E-state index in [-0.39, 0.29) is 11.3 Å². The van der Waals surface area contributed by atoms with Crippen molar-refractivity contribution in [2.24, 2.45) is 11.5 Å². The van der Waals surface area contributed by atoms with E-state index in [0.29, 0.717) is 13.1 Å². The van der Waals surface area contributed by atoms with Crippen LogP contribution < -0.4 is 11.5 Å². The second kappa shape index (κ2) is 12.8. The summed E-state index contributed by atoms with van der Waals surface area (Å²) in [6.07, 6.45) is 1.15. The van der Waals surface area contributed by atoms with Crippen LogP contribution in [0.15, 0.2) is 103 Å². The van der Waals surface area contributed by atoms with Gasteiger partial charge in [-0.05, 0) is 44.8 Å². The zero-order valence-corrected chi connectivity index (χ0v) is 19.5. The fourth-order valence-electron chi connectivity index (χ4n) is 3.62. The third-order valence-corrected chi connectivity index (χ3v) is 5.43. The molecule has 1 aromatic heterocycles. The van der Waals surface area contributed by atoms with Crippen LogP contribution in [0.5, 0.6) is 0 Å². The standard InChI is InChI=1S/2C11H11N.C7H5NO4/c2*12-8-10-6-3-5-9-4-1-2-7-11(9)10;9-6(10)4-1-2-8-5(3-4)7(11)12/h2*1-7H,8,12H2;1-3H,(H,9,10)(H,11,12). The van der Waals surface area contributed by atoms with E-state index in [1.807, 2.05) is 36.4 Å². The topological polar surface area (TPSA) is 140 Å². The highest BCUT2D eigenvalue weighted by Gasteiger charge is 2.08. The van der Waals surface area contributed by atoms with E-state index in [2.05, 4.69) is 53.5 Å². The van der Waals surface area contributed by atoms with Gasteiger partial charge in [-0.3, -0.25) is 0 Å². The monoisotopic (exact) mass is 481 g/mol. The second-order valence-corrected chi connectivity index (χ2v) is 7.72. The number of carboxylic acids is 2. The average molecular weight is 482 g/mol. The zero-order chi connectivity index (χ0) is 25.9. The molecule has 36 heavy (non-hydrogen) atoms. The first-order chi connectivity index (χ1) is 17.4. The first-order valence-electron chi connectivity index (χ1n) is 11.2. The highest BCUT2D eigenvalue weighted by atomic mass is 16.4. The first kappa shape index (κ1) is 26.0. The van der Waals surface area contributed by atoms with Crippen molar-refractivity contribution in [2.45, 2.75) is 13.1 Å². The number of fused-ring (bicyclic) bond motifs is 2. The molecule has 4 aromatic carbocycles. The lowest BCUT2D eigenvalue weighted by molar-refractivity contribution is 0.0690. The molecule has 0 amide bonds. The van der Waals surface area contributed by atoms with E-state index < -0.39 is 11.9 Å². The van der Waals surface area contributed by atoms with Crippen molar-refractivity contribution in [1.82, 2.24) is 4.98 Å². The minimum absolute atomic E-state index is 0.0811. The van der Waals surface area contributed by atoms with Gasteiger partial charge in [-0.2, -0.15) is 0 Å². The lowest BCUT2D eigenvalue weighted by Gasteiger charge is -2.02. The normalized spacial score (nSPS) is 10.1. The summed E-state index contributed by atoms with van der Waals surface area (Å²) < 4.78 is 0. The molecule has 0 aliphatic heterocycles. The summed E-state index contributed by atoms with van der Waals surface area (Å²) in [4.78, 5) is 24.1. The Morgan fingerprint density at radius 1 is 0.639 bits per heavy atom. The van der Waals surface area contributed by atoms with E-state index in [1.54, 1.807) is 0 Å². The summed E-state index contributed by atoms with van der Waals surface area (Å²) in [5.74, 6) is -2.40. The van der Waals surface area contributed by atoms with Gasteiger partial charge in [0.15, 0.2) is 0 Å². The molecule has 0 aliphatic carbocycles. The Bertz CT molecular complexity index is 1370. The van der Waals surface area contributed by atoms with Crippen molar-refractivity contribution in [2.75, 3.05) is 0 Å². The van der Waals surface area contributed by atoms with Crippen LogP contribution in [0.4, 0.5) is 0 Å². The van der Waals surface area contributed by atoms with Crippen LogP contribution in [-0.2, 0) is 13.1 Å². The van der Waals surface area contributed by atoms with Crippen LogP contribution in [0.1, 0.15) is 32.0 Å². The van der Waals surface area contributed by atoms with Gasteiger partial charge in [-0.15, -0.1) is 0 Å². The summed E-state index contributed by atoms with van der Waals surface area (Å²) in [5, 5.41) is 22.0. The number of rotatable bonds is 4. The average Bonchev–Trinajstić information content (AvgIpc) is 2.93. The molecule has 182 valence electrons. The van der Waals surface area contributed by atoms with Crippen LogP contribution in [-0.4, -0.2) is 27.1 Å². The molecule has 6 N–H and O–H groups in total. The Labute approximate surface area is 208 Å². The second-order valence-electron chi connectivity index (χ2n) is 7.72. The Hall–Kier alpha value is -4.59. The number of benzene rings is 4. The van der Waals surface area contributed by atoms with Crippen molar-refractivity contribution in [1.29, 1.82) is 0 Å². The molecule has 7 nitrogen and oxygen atoms in total. The maximum atomic E-state index is 10.4. The molecule has 0 spiro atoms. The predicted molar refractivity (Wildman–Crippen MR) is 142 cm³/mol. The molecule has 0 saturated carbocycles. The van der Waals surface area contributed by atoms with Gasteiger partial charge in [-0.1, -0.05) is 84.9 Å². The van der Waals surface area contributed by atoms with Gasteiger partial charge in [0.05, 0.1) is 5.56 Å². The van der Waals surface area contributed by atoms with Crippen LogP contribution in [0, 0.1) is 0 Å². The number of hydrogen-bond donors (Lipinski definition) is 4. The number of aromatic nitrogens is 1. The van der Waals surface area contributed by atoms with Gasteiger partial charge in [0.2, 0.25) is 0 Å². The molecule has 1 heterocycles. The maximum Gasteiger partial charge on any atom is 0.354 e. The number of carboxylic acid groups (broad SMARTS) is 2. The van der Waals surface area contributed by atoms with Gasteiger partial charge < -0.3 is 21.7 Å². The Balaban J connectivity index is 0.000000150. The third-order valence-electron chi connectivity index (χ3n) is 5.43. The van der Waals surface area contributed by atoms with E-state index in [1.165, 1.54) is 38.7 Å². The van der Waals surface area contributed by atoms with Crippen LogP contribution in [0.25, 0.3) is 21.5 Å². The summed E-state index contributed by atoms with van der Waals surface area (Å²) in [5.41, 5.74) is 13.3. The molecular formula is C29H27N3O4. The van der Waals surface area contributed by atoms with Crippen molar-refractivity contribution < 1.29 is 19.8 Å². The SMILES string of the molecule is NCc1cccc2ccccc12.NCc1cccc2ccccc12.O=C(O)c1ccnc(C(=O)O)c1. The molecule has 5 aromatic rings.